The van der Waals surface area contributed by atoms with Crippen LogP contribution in [-0.4, -0.2) is 15.9 Å². The third kappa shape index (κ3) is 3.00. The minimum Gasteiger partial charge on any atom is -0.298 e. The molecule has 0 atom stereocenters. The summed E-state index contributed by atoms with van der Waals surface area (Å²) in [7, 11) is 0. The van der Waals surface area contributed by atoms with Gasteiger partial charge < -0.3 is 0 Å². The molecule has 1 N–H and O–H groups in total. The fourth-order valence-electron chi connectivity index (χ4n) is 1.85. The summed E-state index contributed by atoms with van der Waals surface area (Å²) in [5.74, 6) is -0.250. The van der Waals surface area contributed by atoms with Crippen molar-refractivity contribution in [2.45, 2.75) is 0 Å². The van der Waals surface area contributed by atoms with Crippen molar-refractivity contribution < 1.29 is 4.79 Å². The number of thiazole rings is 1. The number of aromatic nitrogens is 2. The van der Waals surface area contributed by atoms with Crippen LogP contribution in [0.3, 0.4) is 0 Å². The number of amides is 1. The molecule has 0 aliphatic carbocycles. The van der Waals surface area contributed by atoms with E-state index in [-0.39, 0.29) is 5.91 Å². The second kappa shape index (κ2) is 6.16. The quantitative estimate of drug-likeness (QED) is 0.805. The second-order valence-electron chi connectivity index (χ2n) is 4.42. The predicted molar refractivity (Wildman–Crippen MR) is 84.5 cm³/mol. The maximum Gasteiger partial charge on any atom is 0.257 e. The summed E-state index contributed by atoms with van der Waals surface area (Å²) in [6, 6.07) is 12.2. The Balaban J connectivity index is 1.74. The summed E-state index contributed by atoms with van der Waals surface area (Å²) in [6.45, 7) is 0. The van der Waals surface area contributed by atoms with E-state index in [1.807, 2.05) is 23.6 Å². The van der Waals surface area contributed by atoms with Gasteiger partial charge in [-0.2, -0.15) is 5.26 Å². The van der Waals surface area contributed by atoms with E-state index in [2.05, 4.69) is 15.3 Å². The van der Waals surface area contributed by atoms with Gasteiger partial charge in [0.05, 0.1) is 17.3 Å². The third-order valence-electron chi connectivity index (χ3n) is 2.98. The Morgan fingerprint density at radius 2 is 1.86 bits per heavy atom. The summed E-state index contributed by atoms with van der Waals surface area (Å²) in [5.41, 5.74) is 2.75. The van der Waals surface area contributed by atoms with Gasteiger partial charge in [-0.1, -0.05) is 0 Å². The molecule has 2 heterocycles. The molecule has 0 fully saturated rings. The molecule has 0 radical (unpaired) electrons. The zero-order chi connectivity index (χ0) is 15.4. The van der Waals surface area contributed by atoms with E-state index in [1.54, 1.807) is 36.7 Å². The van der Waals surface area contributed by atoms with Gasteiger partial charge in [-0.25, -0.2) is 4.98 Å². The molecule has 0 aliphatic heterocycles. The molecule has 1 amide bonds. The molecule has 5 nitrogen and oxygen atoms in total. The Hall–Kier alpha value is -3.04. The lowest BCUT2D eigenvalue weighted by Gasteiger charge is -2.01. The molecular formula is C16H10N4OS. The van der Waals surface area contributed by atoms with Gasteiger partial charge in [0, 0.05) is 28.9 Å². The zero-order valence-electron chi connectivity index (χ0n) is 11.4. The molecule has 3 aromatic rings. The van der Waals surface area contributed by atoms with E-state index >= 15 is 0 Å². The van der Waals surface area contributed by atoms with Gasteiger partial charge in [0.15, 0.2) is 5.13 Å². The maximum atomic E-state index is 12.1. The van der Waals surface area contributed by atoms with Crippen molar-refractivity contribution in [1.82, 2.24) is 9.97 Å². The monoisotopic (exact) mass is 306 g/mol. The van der Waals surface area contributed by atoms with Crippen LogP contribution in [0.25, 0.3) is 11.3 Å². The molecule has 6 heteroatoms. The van der Waals surface area contributed by atoms with Gasteiger partial charge in [-0.05, 0) is 36.4 Å². The first-order valence-electron chi connectivity index (χ1n) is 6.44. The molecule has 0 aliphatic rings. The molecule has 3 rings (SSSR count). The van der Waals surface area contributed by atoms with Crippen molar-refractivity contribution in [3.05, 3.63) is 65.3 Å². The lowest BCUT2D eigenvalue weighted by molar-refractivity contribution is 0.102. The van der Waals surface area contributed by atoms with Gasteiger partial charge in [0.25, 0.3) is 5.91 Å². The number of nitrogens with one attached hydrogen (secondary N) is 1. The first-order chi connectivity index (χ1) is 10.8. The fraction of sp³-hybridized carbons (Fsp3) is 0. The van der Waals surface area contributed by atoms with Crippen LogP contribution in [0.2, 0.25) is 0 Å². The highest BCUT2D eigenvalue weighted by Gasteiger charge is 2.10. The number of rotatable bonds is 3. The average Bonchev–Trinajstić information content (AvgIpc) is 3.04. The predicted octanol–water partition coefficient (Wildman–Crippen LogP) is 3.33. The lowest BCUT2D eigenvalue weighted by atomic mass is 10.1. The number of anilines is 1. The van der Waals surface area contributed by atoms with Crippen LogP contribution >= 0.6 is 11.3 Å². The lowest BCUT2D eigenvalue weighted by Crippen LogP contribution is -2.11. The number of benzene rings is 1. The van der Waals surface area contributed by atoms with Crippen LogP contribution in [0.5, 0.6) is 0 Å². The third-order valence-corrected chi connectivity index (χ3v) is 3.73. The van der Waals surface area contributed by atoms with Crippen LogP contribution in [-0.2, 0) is 0 Å². The SMILES string of the molecule is N#Cc1ccc(C(=O)Nc2nc(-c3ccncc3)cs2)cc1. The minimum atomic E-state index is -0.250. The Bertz CT molecular complexity index is 835. The highest BCUT2D eigenvalue weighted by Crippen LogP contribution is 2.24. The van der Waals surface area contributed by atoms with Crippen LogP contribution in [0.4, 0.5) is 5.13 Å². The van der Waals surface area contributed by atoms with Gasteiger partial charge in [-0.15, -0.1) is 11.3 Å². The van der Waals surface area contributed by atoms with Crippen LogP contribution in [0, 0.1) is 11.3 Å². The van der Waals surface area contributed by atoms with Crippen molar-refractivity contribution >= 4 is 22.4 Å². The summed E-state index contributed by atoms with van der Waals surface area (Å²) >= 11 is 1.36. The molecule has 0 bridgehead atoms. The molecule has 0 saturated heterocycles. The van der Waals surface area contributed by atoms with Crippen LogP contribution in [0.15, 0.2) is 54.2 Å². The second-order valence-corrected chi connectivity index (χ2v) is 5.28. The number of carbonyl (C=O) groups excluding carboxylic acids is 1. The number of hydrogen-bond donors (Lipinski definition) is 1. The van der Waals surface area contributed by atoms with Crippen molar-refractivity contribution in [2.75, 3.05) is 5.32 Å². The topological polar surface area (TPSA) is 78.7 Å². The van der Waals surface area contributed by atoms with Crippen molar-refractivity contribution in [3.63, 3.8) is 0 Å². The van der Waals surface area contributed by atoms with Gasteiger partial charge in [0.1, 0.15) is 0 Å². The summed E-state index contributed by atoms with van der Waals surface area (Å²) < 4.78 is 0. The standard InChI is InChI=1S/C16H10N4OS/c17-9-11-1-3-13(4-2-11)15(21)20-16-19-14(10-22-16)12-5-7-18-8-6-12/h1-8,10H,(H,19,20,21). The first kappa shape index (κ1) is 13.9. The molecule has 0 spiro atoms. The van der Waals surface area contributed by atoms with Gasteiger partial charge in [0.2, 0.25) is 0 Å². The van der Waals surface area contributed by atoms with E-state index in [9.17, 15) is 4.79 Å². The molecule has 1 aromatic carbocycles. The number of carbonyl (C=O) groups is 1. The number of hydrogen-bond acceptors (Lipinski definition) is 5. The largest absolute Gasteiger partial charge is 0.298 e. The molecule has 22 heavy (non-hydrogen) atoms. The minimum absolute atomic E-state index is 0.250. The zero-order valence-corrected chi connectivity index (χ0v) is 12.2. The van der Waals surface area contributed by atoms with E-state index in [4.69, 9.17) is 5.26 Å². The van der Waals surface area contributed by atoms with Gasteiger partial charge in [-0.3, -0.25) is 15.1 Å². The average molecular weight is 306 g/mol. The molecule has 2 aromatic heterocycles. The van der Waals surface area contributed by atoms with Gasteiger partial charge >= 0.3 is 0 Å². The van der Waals surface area contributed by atoms with Crippen molar-refractivity contribution in [2.24, 2.45) is 0 Å². The summed E-state index contributed by atoms with van der Waals surface area (Å²) in [6.07, 6.45) is 3.40. The summed E-state index contributed by atoms with van der Waals surface area (Å²) in [4.78, 5) is 20.5. The molecular weight excluding hydrogens is 296 g/mol. The van der Waals surface area contributed by atoms with Crippen LogP contribution < -0.4 is 5.32 Å². The van der Waals surface area contributed by atoms with Crippen molar-refractivity contribution in [1.29, 1.82) is 5.26 Å². The highest BCUT2D eigenvalue weighted by molar-refractivity contribution is 7.14. The van der Waals surface area contributed by atoms with Crippen molar-refractivity contribution in [3.8, 4) is 17.3 Å². The Morgan fingerprint density at radius 1 is 1.14 bits per heavy atom. The van der Waals surface area contributed by atoms with E-state index in [1.165, 1.54) is 11.3 Å². The van der Waals surface area contributed by atoms with Crippen LogP contribution in [0.1, 0.15) is 15.9 Å². The Kier molecular flexibility index (Phi) is 3.90. The Morgan fingerprint density at radius 3 is 2.55 bits per heavy atom. The number of nitrogens with zero attached hydrogens (tertiary/aromatic N) is 3. The van der Waals surface area contributed by atoms with E-state index < -0.39 is 0 Å². The number of nitriles is 1. The first-order valence-corrected chi connectivity index (χ1v) is 7.31. The molecule has 106 valence electrons. The highest BCUT2D eigenvalue weighted by atomic mass is 32.1. The Labute approximate surface area is 130 Å². The maximum absolute atomic E-state index is 12.1. The normalized spacial score (nSPS) is 9.95. The smallest absolute Gasteiger partial charge is 0.257 e. The molecule has 0 unspecified atom stereocenters. The summed E-state index contributed by atoms with van der Waals surface area (Å²) in [5, 5.41) is 13.9. The van der Waals surface area contributed by atoms with E-state index in [0.717, 1.165) is 11.3 Å². The van der Waals surface area contributed by atoms with E-state index in [0.29, 0.717) is 16.3 Å². The number of pyridine rings is 1. The molecule has 0 saturated carbocycles. The fourth-order valence-corrected chi connectivity index (χ4v) is 2.57.